The number of hydrogen-bond donors (Lipinski definition) is 2. The van der Waals surface area contributed by atoms with E-state index in [4.69, 9.17) is 0 Å². The smallest absolute Gasteiger partial charge is 0.217 e. The van der Waals surface area contributed by atoms with Crippen LogP contribution in [0.2, 0.25) is 0 Å². The average Bonchev–Trinajstić information content (AvgIpc) is 2.11. The standard InChI is InChI=1S/C9H18N2O2/c1-7(12)10-8-3-4-11(2)6-9(13)5-8/h8-9,13H,3-6H2,1-2H3,(H,10,12)/t8-,9-/m0/s1. The van der Waals surface area contributed by atoms with Crippen LogP contribution in [0, 0.1) is 0 Å². The molecule has 1 aliphatic heterocycles. The fourth-order valence-electron chi connectivity index (χ4n) is 1.77. The molecular formula is C9H18N2O2. The average molecular weight is 186 g/mol. The predicted octanol–water partition coefficient (Wildman–Crippen LogP) is -0.422. The van der Waals surface area contributed by atoms with E-state index in [1.807, 2.05) is 7.05 Å². The maximum atomic E-state index is 10.8. The highest BCUT2D eigenvalue weighted by atomic mass is 16.3. The van der Waals surface area contributed by atoms with Crippen molar-refractivity contribution >= 4 is 5.91 Å². The van der Waals surface area contributed by atoms with Crippen LogP contribution in [0.15, 0.2) is 0 Å². The molecule has 2 atom stereocenters. The molecule has 2 N–H and O–H groups in total. The highest BCUT2D eigenvalue weighted by Gasteiger charge is 2.21. The number of rotatable bonds is 1. The minimum atomic E-state index is -0.315. The van der Waals surface area contributed by atoms with Gasteiger partial charge in [0.05, 0.1) is 6.10 Å². The Balaban J connectivity index is 2.43. The molecule has 0 radical (unpaired) electrons. The molecule has 1 heterocycles. The maximum absolute atomic E-state index is 10.8. The number of aliphatic hydroxyl groups is 1. The normalized spacial score (nSPS) is 31.0. The summed E-state index contributed by atoms with van der Waals surface area (Å²) in [7, 11) is 1.99. The van der Waals surface area contributed by atoms with E-state index < -0.39 is 0 Å². The fraction of sp³-hybridized carbons (Fsp3) is 0.889. The Bertz CT molecular complexity index is 184. The quantitative estimate of drug-likeness (QED) is 0.584. The summed E-state index contributed by atoms with van der Waals surface area (Å²) in [4.78, 5) is 12.9. The Hall–Kier alpha value is -0.610. The van der Waals surface area contributed by atoms with E-state index in [2.05, 4.69) is 10.2 Å². The van der Waals surface area contributed by atoms with Gasteiger partial charge in [0.25, 0.3) is 0 Å². The van der Waals surface area contributed by atoms with Crippen molar-refractivity contribution < 1.29 is 9.90 Å². The van der Waals surface area contributed by atoms with E-state index >= 15 is 0 Å². The first-order chi connectivity index (χ1) is 6.08. The summed E-state index contributed by atoms with van der Waals surface area (Å²) < 4.78 is 0. The zero-order valence-corrected chi connectivity index (χ0v) is 8.29. The van der Waals surface area contributed by atoms with Gasteiger partial charge in [-0.15, -0.1) is 0 Å². The molecule has 13 heavy (non-hydrogen) atoms. The van der Waals surface area contributed by atoms with Crippen molar-refractivity contribution in [1.82, 2.24) is 10.2 Å². The Morgan fingerprint density at radius 2 is 2.31 bits per heavy atom. The Labute approximate surface area is 78.9 Å². The van der Waals surface area contributed by atoms with Crippen molar-refractivity contribution in [2.24, 2.45) is 0 Å². The van der Waals surface area contributed by atoms with Gasteiger partial charge in [-0.2, -0.15) is 0 Å². The molecule has 0 aliphatic carbocycles. The molecule has 4 heteroatoms. The van der Waals surface area contributed by atoms with Crippen LogP contribution in [-0.4, -0.2) is 48.2 Å². The number of carbonyl (C=O) groups excluding carboxylic acids is 1. The summed E-state index contributed by atoms with van der Waals surface area (Å²) in [6.07, 6.45) is 1.28. The summed E-state index contributed by atoms with van der Waals surface area (Å²) >= 11 is 0. The lowest BCUT2D eigenvalue weighted by Gasteiger charge is -2.16. The molecule has 0 unspecified atom stereocenters. The second kappa shape index (κ2) is 4.58. The van der Waals surface area contributed by atoms with Crippen molar-refractivity contribution in [2.45, 2.75) is 31.9 Å². The van der Waals surface area contributed by atoms with Crippen molar-refractivity contribution in [1.29, 1.82) is 0 Å². The molecule has 1 fully saturated rings. The van der Waals surface area contributed by atoms with Crippen LogP contribution in [0.5, 0.6) is 0 Å². The van der Waals surface area contributed by atoms with Crippen LogP contribution in [0.25, 0.3) is 0 Å². The molecule has 0 aromatic rings. The number of amides is 1. The van der Waals surface area contributed by atoms with Crippen LogP contribution in [-0.2, 0) is 4.79 Å². The number of β-amino-alcohol motifs (C(OH)–C–C–N with tert-alkyl or cyclic N) is 1. The molecule has 4 nitrogen and oxygen atoms in total. The first kappa shape index (κ1) is 10.5. The zero-order valence-electron chi connectivity index (χ0n) is 8.29. The summed E-state index contributed by atoms with van der Waals surface area (Å²) in [5.41, 5.74) is 0. The van der Waals surface area contributed by atoms with Gasteiger partial charge in [-0.1, -0.05) is 0 Å². The fourth-order valence-corrected chi connectivity index (χ4v) is 1.77. The molecule has 1 aliphatic rings. The van der Waals surface area contributed by atoms with E-state index in [1.54, 1.807) is 0 Å². The van der Waals surface area contributed by atoms with Gasteiger partial charge in [-0.3, -0.25) is 4.79 Å². The lowest BCUT2D eigenvalue weighted by atomic mass is 10.1. The van der Waals surface area contributed by atoms with Gasteiger partial charge in [-0.25, -0.2) is 0 Å². The molecule has 0 aromatic carbocycles. The minimum absolute atomic E-state index is 0.0123. The lowest BCUT2D eigenvalue weighted by molar-refractivity contribution is -0.119. The highest BCUT2D eigenvalue weighted by molar-refractivity contribution is 5.73. The second-order valence-electron chi connectivity index (χ2n) is 3.84. The molecule has 0 aromatic heterocycles. The van der Waals surface area contributed by atoms with E-state index in [0.29, 0.717) is 13.0 Å². The molecule has 1 rings (SSSR count). The van der Waals surface area contributed by atoms with Crippen molar-refractivity contribution in [3.05, 3.63) is 0 Å². The van der Waals surface area contributed by atoms with Crippen LogP contribution in [0.1, 0.15) is 19.8 Å². The van der Waals surface area contributed by atoms with E-state index in [-0.39, 0.29) is 18.1 Å². The topological polar surface area (TPSA) is 52.6 Å². The Kier molecular flexibility index (Phi) is 3.69. The number of carbonyl (C=O) groups is 1. The minimum Gasteiger partial charge on any atom is -0.392 e. The summed E-state index contributed by atoms with van der Waals surface area (Å²) in [5, 5.41) is 12.4. The Morgan fingerprint density at radius 1 is 1.62 bits per heavy atom. The highest BCUT2D eigenvalue weighted by Crippen LogP contribution is 2.10. The largest absolute Gasteiger partial charge is 0.392 e. The second-order valence-corrected chi connectivity index (χ2v) is 3.84. The van der Waals surface area contributed by atoms with Gasteiger partial charge < -0.3 is 15.3 Å². The summed E-state index contributed by atoms with van der Waals surface area (Å²) in [6, 6.07) is 0.137. The van der Waals surface area contributed by atoms with Gasteiger partial charge in [0, 0.05) is 19.5 Å². The molecule has 0 saturated carbocycles. The SMILES string of the molecule is CC(=O)N[C@H]1CCN(C)C[C@@H](O)C1. The number of likely N-dealkylation sites (tertiary alicyclic amines) is 1. The summed E-state index contributed by atoms with van der Waals surface area (Å²) in [6.45, 7) is 3.15. The number of likely N-dealkylation sites (N-methyl/N-ethyl adjacent to an activating group) is 1. The third-order valence-corrected chi connectivity index (χ3v) is 2.35. The van der Waals surface area contributed by atoms with E-state index in [9.17, 15) is 9.90 Å². The maximum Gasteiger partial charge on any atom is 0.217 e. The summed E-state index contributed by atoms with van der Waals surface area (Å²) in [5.74, 6) is -0.0123. The van der Waals surface area contributed by atoms with Gasteiger partial charge >= 0.3 is 0 Å². The molecule has 0 spiro atoms. The van der Waals surface area contributed by atoms with Crippen molar-refractivity contribution in [3.63, 3.8) is 0 Å². The third-order valence-electron chi connectivity index (χ3n) is 2.35. The molecule has 76 valence electrons. The molecule has 1 saturated heterocycles. The zero-order chi connectivity index (χ0) is 9.84. The first-order valence-electron chi connectivity index (χ1n) is 4.71. The number of nitrogens with zero attached hydrogens (tertiary/aromatic N) is 1. The molecular weight excluding hydrogens is 168 g/mol. The number of hydrogen-bond acceptors (Lipinski definition) is 3. The van der Waals surface area contributed by atoms with E-state index in [1.165, 1.54) is 6.92 Å². The van der Waals surface area contributed by atoms with Crippen LogP contribution < -0.4 is 5.32 Å². The van der Waals surface area contributed by atoms with Crippen molar-refractivity contribution in [2.75, 3.05) is 20.1 Å². The first-order valence-corrected chi connectivity index (χ1v) is 4.71. The van der Waals surface area contributed by atoms with Crippen molar-refractivity contribution in [3.8, 4) is 0 Å². The van der Waals surface area contributed by atoms with Crippen LogP contribution in [0.4, 0.5) is 0 Å². The molecule has 0 bridgehead atoms. The Morgan fingerprint density at radius 3 is 2.92 bits per heavy atom. The lowest BCUT2D eigenvalue weighted by Crippen LogP contribution is -2.35. The van der Waals surface area contributed by atoms with Gasteiger partial charge in [0.2, 0.25) is 5.91 Å². The third kappa shape index (κ3) is 3.74. The molecule has 1 amide bonds. The monoisotopic (exact) mass is 186 g/mol. The predicted molar refractivity (Wildman–Crippen MR) is 50.3 cm³/mol. The van der Waals surface area contributed by atoms with Gasteiger partial charge in [0.1, 0.15) is 0 Å². The van der Waals surface area contributed by atoms with Gasteiger partial charge in [-0.05, 0) is 26.4 Å². The van der Waals surface area contributed by atoms with Crippen LogP contribution in [0.3, 0.4) is 0 Å². The van der Waals surface area contributed by atoms with Crippen LogP contribution >= 0.6 is 0 Å². The number of aliphatic hydroxyl groups excluding tert-OH is 1. The van der Waals surface area contributed by atoms with E-state index in [0.717, 1.165) is 13.0 Å². The van der Waals surface area contributed by atoms with Gasteiger partial charge in [0.15, 0.2) is 0 Å². The number of nitrogens with one attached hydrogen (secondary N) is 1.